The fraction of sp³-hybridized carbons (Fsp3) is 0.211. The van der Waals surface area contributed by atoms with Crippen LogP contribution < -0.4 is 10.1 Å². The van der Waals surface area contributed by atoms with Crippen molar-refractivity contribution in [2.45, 2.75) is 13.3 Å². The lowest BCUT2D eigenvalue weighted by atomic mass is 10.1. The van der Waals surface area contributed by atoms with Gasteiger partial charge in [-0.3, -0.25) is 4.79 Å². The molecule has 0 aliphatic carbocycles. The third kappa shape index (κ3) is 3.62. The van der Waals surface area contributed by atoms with E-state index in [0.29, 0.717) is 24.5 Å². The van der Waals surface area contributed by atoms with E-state index < -0.39 is 0 Å². The van der Waals surface area contributed by atoms with Gasteiger partial charge in [0.05, 0.1) is 12.2 Å². The SMILES string of the molecule is CCOc1ccc(Br)cc1C(=O)NCCc1c[nH]c2ccccc12. The van der Waals surface area contributed by atoms with E-state index in [0.717, 1.165) is 16.4 Å². The average Bonchev–Trinajstić information content (AvgIpc) is 3.00. The molecule has 3 aromatic rings. The molecule has 4 nitrogen and oxygen atoms in total. The number of para-hydroxylation sites is 1. The minimum absolute atomic E-state index is 0.125. The van der Waals surface area contributed by atoms with Crippen LogP contribution in [0.3, 0.4) is 0 Å². The topological polar surface area (TPSA) is 54.1 Å². The highest BCUT2D eigenvalue weighted by molar-refractivity contribution is 9.10. The van der Waals surface area contributed by atoms with Gasteiger partial charge in [-0.15, -0.1) is 0 Å². The van der Waals surface area contributed by atoms with Gasteiger partial charge in [0.15, 0.2) is 0 Å². The highest BCUT2D eigenvalue weighted by Gasteiger charge is 2.13. The van der Waals surface area contributed by atoms with Gasteiger partial charge in [-0.05, 0) is 43.2 Å². The van der Waals surface area contributed by atoms with Gasteiger partial charge < -0.3 is 15.0 Å². The molecular formula is C19H19BrN2O2. The lowest BCUT2D eigenvalue weighted by Gasteiger charge is -2.11. The Balaban J connectivity index is 1.66. The van der Waals surface area contributed by atoms with Crippen molar-refractivity contribution >= 4 is 32.7 Å². The summed E-state index contributed by atoms with van der Waals surface area (Å²) in [4.78, 5) is 15.7. The van der Waals surface area contributed by atoms with Crippen molar-refractivity contribution in [3.05, 3.63) is 64.3 Å². The molecule has 0 radical (unpaired) electrons. The second kappa shape index (κ2) is 7.53. The van der Waals surface area contributed by atoms with Gasteiger partial charge in [-0.25, -0.2) is 0 Å². The van der Waals surface area contributed by atoms with Gasteiger partial charge in [-0.2, -0.15) is 0 Å². The quantitative estimate of drug-likeness (QED) is 0.663. The third-order valence-electron chi connectivity index (χ3n) is 3.84. The first-order chi connectivity index (χ1) is 11.7. The fourth-order valence-electron chi connectivity index (χ4n) is 2.71. The minimum atomic E-state index is -0.125. The second-order valence-electron chi connectivity index (χ2n) is 5.44. The predicted molar refractivity (Wildman–Crippen MR) is 99.6 cm³/mol. The van der Waals surface area contributed by atoms with Crippen LogP contribution in [0.15, 0.2) is 53.1 Å². The van der Waals surface area contributed by atoms with Crippen molar-refractivity contribution in [1.29, 1.82) is 0 Å². The molecule has 1 amide bonds. The van der Waals surface area contributed by atoms with E-state index in [1.54, 1.807) is 6.07 Å². The number of rotatable bonds is 6. The number of fused-ring (bicyclic) bond motifs is 1. The van der Waals surface area contributed by atoms with E-state index in [4.69, 9.17) is 4.74 Å². The highest BCUT2D eigenvalue weighted by Crippen LogP contribution is 2.23. The van der Waals surface area contributed by atoms with Crippen LogP contribution in [0.5, 0.6) is 5.75 Å². The van der Waals surface area contributed by atoms with Gasteiger partial charge in [0.1, 0.15) is 5.75 Å². The molecule has 0 fully saturated rings. The minimum Gasteiger partial charge on any atom is -0.493 e. The lowest BCUT2D eigenvalue weighted by Crippen LogP contribution is -2.26. The largest absolute Gasteiger partial charge is 0.493 e. The number of halogens is 1. The highest BCUT2D eigenvalue weighted by atomic mass is 79.9. The monoisotopic (exact) mass is 386 g/mol. The number of ether oxygens (including phenoxy) is 1. The van der Waals surface area contributed by atoms with Crippen molar-refractivity contribution in [1.82, 2.24) is 10.3 Å². The van der Waals surface area contributed by atoms with Crippen LogP contribution >= 0.6 is 15.9 Å². The summed E-state index contributed by atoms with van der Waals surface area (Å²) in [5.74, 6) is 0.477. The lowest BCUT2D eigenvalue weighted by molar-refractivity contribution is 0.0950. The maximum absolute atomic E-state index is 12.5. The number of carbonyl (C=O) groups is 1. The molecule has 2 N–H and O–H groups in total. The van der Waals surface area contributed by atoms with E-state index in [-0.39, 0.29) is 5.91 Å². The molecule has 0 saturated heterocycles. The molecule has 124 valence electrons. The number of benzene rings is 2. The molecule has 1 aromatic heterocycles. The molecule has 2 aromatic carbocycles. The molecule has 24 heavy (non-hydrogen) atoms. The summed E-state index contributed by atoms with van der Waals surface area (Å²) in [6, 6.07) is 13.6. The van der Waals surface area contributed by atoms with Crippen LogP contribution in [0.2, 0.25) is 0 Å². The molecule has 1 heterocycles. The molecule has 5 heteroatoms. The zero-order chi connectivity index (χ0) is 16.9. The Labute approximate surface area is 149 Å². The molecule has 0 unspecified atom stereocenters. The number of hydrogen-bond donors (Lipinski definition) is 2. The van der Waals surface area contributed by atoms with Crippen molar-refractivity contribution in [2.24, 2.45) is 0 Å². The van der Waals surface area contributed by atoms with Crippen LogP contribution in [-0.2, 0) is 6.42 Å². The van der Waals surface area contributed by atoms with Gasteiger partial charge in [0, 0.05) is 28.1 Å². The summed E-state index contributed by atoms with van der Waals surface area (Å²) >= 11 is 3.40. The Morgan fingerprint density at radius 3 is 2.92 bits per heavy atom. The smallest absolute Gasteiger partial charge is 0.255 e. The van der Waals surface area contributed by atoms with Crippen LogP contribution in [0.1, 0.15) is 22.8 Å². The fourth-order valence-corrected chi connectivity index (χ4v) is 3.07. The summed E-state index contributed by atoms with van der Waals surface area (Å²) < 4.78 is 6.39. The number of amides is 1. The number of aromatic nitrogens is 1. The molecule has 0 saturated carbocycles. The van der Waals surface area contributed by atoms with Crippen molar-refractivity contribution in [3.63, 3.8) is 0 Å². The molecule has 0 bridgehead atoms. The van der Waals surface area contributed by atoms with E-state index in [1.165, 1.54) is 10.9 Å². The number of aromatic amines is 1. The first-order valence-corrected chi connectivity index (χ1v) is 8.74. The first-order valence-electron chi connectivity index (χ1n) is 7.94. The Hall–Kier alpha value is -2.27. The molecule has 0 atom stereocenters. The summed E-state index contributed by atoms with van der Waals surface area (Å²) in [6.45, 7) is 3.00. The molecule has 3 rings (SSSR count). The van der Waals surface area contributed by atoms with Crippen LogP contribution in [0.4, 0.5) is 0 Å². The zero-order valence-electron chi connectivity index (χ0n) is 13.4. The van der Waals surface area contributed by atoms with Gasteiger partial charge >= 0.3 is 0 Å². The molecular weight excluding hydrogens is 368 g/mol. The first kappa shape index (κ1) is 16.6. The summed E-state index contributed by atoms with van der Waals surface area (Å²) in [7, 11) is 0. The average molecular weight is 387 g/mol. The Morgan fingerprint density at radius 1 is 1.25 bits per heavy atom. The number of hydrogen-bond acceptors (Lipinski definition) is 2. The van der Waals surface area contributed by atoms with Crippen molar-refractivity contribution in [3.8, 4) is 5.75 Å². The second-order valence-corrected chi connectivity index (χ2v) is 6.35. The van der Waals surface area contributed by atoms with Crippen LogP contribution in [-0.4, -0.2) is 24.0 Å². The van der Waals surface area contributed by atoms with Crippen molar-refractivity contribution in [2.75, 3.05) is 13.2 Å². The number of carbonyl (C=O) groups excluding carboxylic acids is 1. The third-order valence-corrected chi connectivity index (χ3v) is 4.33. The maximum Gasteiger partial charge on any atom is 0.255 e. The zero-order valence-corrected chi connectivity index (χ0v) is 15.0. The summed E-state index contributed by atoms with van der Waals surface area (Å²) in [5.41, 5.74) is 2.86. The normalized spacial score (nSPS) is 10.8. The number of nitrogens with one attached hydrogen (secondary N) is 2. The predicted octanol–water partition coefficient (Wildman–Crippen LogP) is 4.30. The van der Waals surface area contributed by atoms with E-state index >= 15 is 0 Å². The van der Waals surface area contributed by atoms with E-state index in [1.807, 2.05) is 43.5 Å². The van der Waals surface area contributed by atoms with Crippen LogP contribution in [0.25, 0.3) is 10.9 Å². The molecule has 0 spiro atoms. The Morgan fingerprint density at radius 2 is 2.08 bits per heavy atom. The standard InChI is InChI=1S/C19H19BrN2O2/c1-2-24-18-8-7-14(20)11-16(18)19(23)21-10-9-13-12-22-17-6-4-3-5-15(13)17/h3-8,11-12,22H,2,9-10H2,1H3,(H,21,23). The van der Waals surface area contributed by atoms with E-state index in [2.05, 4.69) is 32.3 Å². The van der Waals surface area contributed by atoms with Crippen molar-refractivity contribution < 1.29 is 9.53 Å². The molecule has 0 aliphatic heterocycles. The van der Waals surface area contributed by atoms with Gasteiger partial charge in [-0.1, -0.05) is 34.1 Å². The van der Waals surface area contributed by atoms with E-state index in [9.17, 15) is 4.79 Å². The molecule has 0 aliphatic rings. The summed E-state index contributed by atoms with van der Waals surface area (Å²) in [6.07, 6.45) is 2.77. The van der Waals surface area contributed by atoms with Gasteiger partial charge in [0.2, 0.25) is 0 Å². The van der Waals surface area contributed by atoms with Gasteiger partial charge in [0.25, 0.3) is 5.91 Å². The summed E-state index contributed by atoms with van der Waals surface area (Å²) in [5, 5.41) is 4.17. The van der Waals surface area contributed by atoms with Crippen LogP contribution in [0, 0.1) is 0 Å². The Bertz CT molecular complexity index is 857. The maximum atomic E-state index is 12.5. The number of H-pyrrole nitrogens is 1. The Kier molecular flexibility index (Phi) is 5.20.